The lowest BCUT2D eigenvalue weighted by Crippen LogP contribution is -2.25. The van der Waals surface area contributed by atoms with Gasteiger partial charge in [0.15, 0.2) is 0 Å². The highest BCUT2D eigenvalue weighted by Gasteiger charge is 2.15. The summed E-state index contributed by atoms with van der Waals surface area (Å²) >= 11 is 0. The summed E-state index contributed by atoms with van der Waals surface area (Å²) in [7, 11) is 1.81. The third-order valence-electron chi connectivity index (χ3n) is 5.92. The fraction of sp³-hybridized carbons (Fsp3) is 0.333. The van der Waals surface area contributed by atoms with E-state index in [-0.39, 0.29) is 5.82 Å². The number of hydrogen-bond acceptors (Lipinski definition) is 5. The molecule has 0 saturated carbocycles. The number of H-pyrrole nitrogens is 1. The number of aromatic nitrogens is 4. The van der Waals surface area contributed by atoms with E-state index in [1.807, 2.05) is 33.0 Å². The molecule has 0 amide bonds. The minimum absolute atomic E-state index is 0.323. The molecule has 0 spiro atoms. The van der Waals surface area contributed by atoms with E-state index in [2.05, 4.69) is 44.2 Å². The molecule has 4 aromatic rings. The van der Waals surface area contributed by atoms with E-state index in [9.17, 15) is 4.39 Å². The quantitative estimate of drug-likeness (QED) is 0.388. The smallest absolute Gasteiger partial charge is 0.133 e. The number of benzene rings is 2. The first-order valence-electron chi connectivity index (χ1n) is 12.1. The number of ether oxygens (including phenoxy) is 1. The summed E-state index contributed by atoms with van der Waals surface area (Å²) in [4.78, 5) is 2.42. The van der Waals surface area contributed by atoms with Crippen LogP contribution >= 0.6 is 0 Å². The average Bonchev–Trinajstić information content (AvgIpc) is 3.39. The van der Waals surface area contributed by atoms with Gasteiger partial charge < -0.3 is 10.1 Å². The summed E-state index contributed by atoms with van der Waals surface area (Å²) in [5.74, 6) is -0.323. The van der Waals surface area contributed by atoms with Gasteiger partial charge in [0.25, 0.3) is 0 Å². The first kappa shape index (κ1) is 24.6. The lowest BCUT2D eigenvalue weighted by molar-refractivity contribution is 0.140. The first-order valence-corrected chi connectivity index (χ1v) is 12.1. The standard InChI is InChI=1S/C25H27FN6O.C2H6/c1-17(28-20-6-4-18(5-7-20)15-32-8-3-10-33-11-9-32)25-22-12-21(19-14-27-31(2)16-19)23(26)13-24(22)29-30-25;1-2/h4-7,12-14,16,28H,1,3,8-11,15H2,2H3,(H,29,30);1-2H3. The predicted molar refractivity (Wildman–Crippen MR) is 139 cm³/mol. The van der Waals surface area contributed by atoms with Crippen LogP contribution in [0.15, 0.2) is 55.4 Å². The van der Waals surface area contributed by atoms with Crippen molar-refractivity contribution in [1.82, 2.24) is 24.9 Å². The van der Waals surface area contributed by atoms with Gasteiger partial charge in [-0.05, 0) is 30.2 Å². The minimum atomic E-state index is -0.323. The van der Waals surface area contributed by atoms with Gasteiger partial charge in [0, 0.05) is 67.8 Å². The Kier molecular flexibility index (Phi) is 7.94. The monoisotopic (exact) mass is 476 g/mol. The van der Waals surface area contributed by atoms with Crippen LogP contribution in [0.25, 0.3) is 27.7 Å². The van der Waals surface area contributed by atoms with E-state index in [0.717, 1.165) is 50.3 Å². The van der Waals surface area contributed by atoms with Crippen LogP contribution in [-0.2, 0) is 18.3 Å². The van der Waals surface area contributed by atoms with Crippen LogP contribution in [-0.4, -0.2) is 51.2 Å². The Balaban J connectivity index is 0.00000141. The van der Waals surface area contributed by atoms with Crippen molar-refractivity contribution in [1.29, 1.82) is 0 Å². The summed E-state index contributed by atoms with van der Waals surface area (Å²) in [6.45, 7) is 12.8. The summed E-state index contributed by atoms with van der Waals surface area (Å²) in [6, 6.07) is 11.6. The number of anilines is 1. The maximum absolute atomic E-state index is 14.7. The summed E-state index contributed by atoms with van der Waals surface area (Å²) in [6.07, 6.45) is 4.51. The fourth-order valence-corrected chi connectivity index (χ4v) is 4.19. The third kappa shape index (κ3) is 5.78. The van der Waals surface area contributed by atoms with E-state index in [1.165, 1.54) is 11.6 Å². The molecular formula is C27H33FN6O. The molecule has 0 unspecified atom stereocenters. The zero-order chi connectivity index (χ0) is 24.8. The van der Waals surface area contributed by atoms with Gasteiger partial charge in [0.2, 0.25) is 0 Å². The molecule has 0 radical (unpaired) electrons. The van der Waals surface area contributed by atoms with Gasteiger partial charge in [-0.25, -0.2) is 4.39 Å². The van der Waals surface area contributed by atoms with Crippen molar-refractivity contribution < 1.29 is 9.13 Å². The third-order valence-corrected chi connectivity index (χ3v) is 5.92. The minimum Gasteiger partial charge on any atom is -0.380 e. The van der Waals surface area contributed by atoms with Gasteiger partial charge in [-0.15, -0.1) is 0 Å². The highest BCUT2D eigenvalue weighted by Crippen LogP contribution is 2.30. The van der Waals surface area contributed by atoms with Crippen molar-refractivity contribution in [2.75, 3.05) is 31.6 Å². The van der Waals surface area contributed by atoms with Gasteiger partial charge in [0.05, 0.1) is 24.0 Å². The molecule has 0 bridgehead atoms. The topological polar surface area (TPSA) is 71.0 Å². The summed E-state index contributed by atoms with van der Waals surface area (Å²) < 4.78 is 21.9. The van der Waals surface area contributed by atoms with Crippen LogP contribution in [0.1, 0.15) is 31.5 Å². The molecule has 35 heavy (non-hydrogen) atoms. The van der Waals surface area contributed by atoms with Crippen molar-refractivity contribution in [3.63, 3.8) is 0 Å². The second kappa shape index (κ2) is 11.3. The molecule has 5 rings (SSSR count). The summed E-state index contributed by atoms with van der Waals surface area (Å²) in [5.41, 5.74) is 5.30. The van der Waals surface area contributed by atoms with Crippen molar-refractivity contribution in [2.45, 2.75) is 26.8 Å². The van der Waals surface area contributed by atoms with E-state index in [1.54, 1.807) is 23.1 Å². The van der Waals surface area contributed by atoms with Crippen molar-refractivity contribution >= 4 is 22.3 Å². The van der Waals surface area contributed by atoms with Crippen LogP contribution in [0.2, 0.25) is 0 Å². The molecular weight excluding hydrogens is 443 g/mol. The normalized spacial score (nSPS) is 14.3. The maximum Gasteiger partial charge on any atom is 0.133 e. The molecule has 1 fully saturated rings. The van der Waals surface area contributed by atoms with Crippen LogP contribution in [0.4, 0.5) is 10.1 Å². The Hall–Kier alpha value is -3.49. The van der Waals surface area contributed by atoms with Crippen molar-refractivity contribution in [3.05, 3.63) is 72.4 Å². The first-order chi connectivity index (χ1) is 17.1. The van der Waals surface area contributed by atoms with Gasteiger partial charge in [-0.3, -0.25) is 14.7 Å². The molecule has 7 nitrogen and oxygen atoms in total. The number of halogens is 1. The van der Waals surface area contributed by atoms with Crippen molar-refractivity contribution in [3.8, 4) is 11.1 Å². The molecule has 0 aliphatic carbocycles. The zero-order valence-corrected chi connectivity index (χ0v) is 20.6. The molecule has 1 aliphatic rings. The van der Waals surface area contributed by atoms with E-state index in [4.69, 9.17) is 4.74 Å². The Morgan fingerprint density at radius 3 is 2.71 bits per heavy atom. The molecule has 1 aliphatic heterocycles. The Morgan fingerprint density at radius 1 is 1.17 bits per heavy atom. The molecule has 184 valence electrons. The molecule has 3 heterocycles. The number of fused-ring (bicyclic) bond motifs is 1. The fourth-order valence-electron chi connectivity index (χ4n) is 4.19. The molecule has 2 aromatic heterocycles. The van der Waals surface area contributed by atoms with Gasteiger partial charge >= 0.3 is 0 Å². The molecule has 1 saturated heterocycles. The maximum atomic E-state index is 14.7. The number of nitrogens with one attached hydrogen (secondary N) is 2. The largest absolute Gasteiger partial charge is 0.380 e. The summed E-state index contributed by atoms with van der Waals surface area (Å²) in [5, 5.41) is 15.6. The predicted octanol–water partition coefficient (Wildman–Crippen LogP) is 5.43. The molecule has 2 N–H and O–H groups in total. The molecule has 2 aromatic carbocycles. The lowest BCUT2D eigenvalue weighted by atomic mass is 10.0. The van der Waals surface area contributed by atoms with Crippen LogP contribution < -0.4 is 5.32 Å². The Labute approximate surface area is 205 Å². The Morgan fingerprint density at radius 2 is 1.97 bits per heavy atom. The Bertz CT molecular complexity index is 1270. The number of aromatic amines is 1. The van der Waals surface area contributed by atoms with Crippen molar-refractivity contribution in [2.24, 2.45) is 7.05 Å². The van der Waals surface area contributed by atoms with Gasteiger partial charge in [-0.1, -0.05) is 32.6 Å². The van der Waals surface area contributed by atoms with Gasteiger partial charge in [-0.2, -0.15) is 10.2 Å². The highest BCUT2D eigenvalue weighted by molar-refractivity contribution is 5.95. The van der Waals surface area contributed by atoms with Gasteiger partial charge in [0.1, 0.15) is 11.5 Å². The van der Waals surface area contributed by atoms with Crippen LogP contribution in [0, 0.1) is 5.82 Å². The van der Waals surface area contributed by atoms with Crippen LogP contribution in [0.3, 0.4) is 0 Å². The molecule has 0 atom stereocenters. The second-order valence-corrected chi connectivity index (χ2v) is 8.40. The highest BCUT2D eigenvalue weighted by atomic mass is 19.1. The zero-order valence-electron chi connectivity index (χ0n) is 20.6. The average molecular weight is 477 g/mol. The van der Waals surface area contributed by atoms with E-state index < -0.39 is 0 Å². The number of hydrogen-bond donors (Lipinski definition) is 2. The number of aryl methyl sites for hydroxylation is 1. The number of nitrogens with zero attached hydrogens (tertiary/aromatic N) is 4. The lowest BCUT2D eigenvalue weighted by Gasteiger charge is -2.19. The SMILES string of the molecule is C=C(Nc1ccc(CN2CCCOCC2)cc1)c1n[nH]c2cc(F)c(-c3cnn(C)c3)cc12.CC. The van der Waals surface area contributed by atoms with E-state index in [0.29, 0.717) is 28.0 Å². The molecule has 8 heteroatoms. The number of rotatable bonds is 6. The van der Waals surface area contributed by atoms with Crippen LogP contribution in [0.5, 0.6) is 0 Å². The van der Waals surface area contributed by atoms with E-state index >= 15 is 0 Å². The second-order valence-electron chi connectivity index (χ2n) is 8.40.